The van der Waals surface area contributed by atoms with E-state index in [9.17, 15) is 23.5 Å². The Hall–Kier alpha value is -3.75. The van der Waals surface area contributed by atoms with Gasteiger partial charge in [0.25, 0.3) is 5.56 Å². The fourth-order valence-electron chi connectivity index (χ4n) is 4.02. The molecule has 0 spiro atoms. The first-order chi connectivity index (χ1) is 17.2. The van der Waals surface area contributed by atoms with Crippen molar-refractivity contribution in [1.82, 2.24) is 14.6 Å². The molecule has 0 unspecified atom stereocenters. The molecule has 0 aliphatic heterocycles. The van der Waals surface area contributed by atoms with Crippen LogP contribution in [0.2, 0.25) is 5.02 Å². The molecule has 3 aromatic carbocycles. The van der Waals surface area contributed by atoms with Crippen LogP contribution in [0.3, 0.4) is 0 Å². The molecule has 36 heavy (non-hydrogen) atoms. The maximum atomic E-state index is 13.8. The third-order valence-corrected chi connectivity index (χ3v) is 6.23. The molecule has 3 N–H and O–H groups in total. The lowest BCUT2D eigenvalue weighted by Gasteiger charge is -2.11. The number of aromatic nitrogens is 3. The van der Waals surface area contributed by atoms with Gasteiger partial charge in [-0.15, -0.1) is 0 Å². The number of benzene rings is 3. The van der Waals surface area contributed by atoms with Gasteiger partial charge in [-0.3, -0.25) is 19.7 Å². The van der Waals surface area contributed by atoms with Crippen LogP contribution in [0.4, 0.5) is 4.39 Å². The predicted octanol–water partition coefficient (Wildman–Crippen LogP) is 5.21. The molecule has 2 aromatic heterocycles. The van der Waals surface area contributed by atoms with Gasteiger partial charge in [0, 0.05) is 40.5 Å². The number of phosphoric acid groups is 1. The van der Waals surface area contributed by atoms with Crippen molar-refractivity contribution in [3.63, 3.8) is 0 Å². The number of hydrogen-bond donors (Lipinski definition) is 3. The van der Waals surface area contributed by atoms with Gasteiger partial charge in [-0.25, -0.2) is 18.5 Å². The van der Waals surface area contributed by atoms with E-state index >= 15 is 0 Å². The summed E-state index contributed by atoms with van der Waals surface area (Å²) in [5.74, 6) is -1.26. The summed E-state index contributed by atoms with van der Waals surface area (Å²) in [7, 11) is -5.02. The molecule has 0 bridgehead atoms. The summed E-state index contributed by atoms with van der Waals surface area (Å²) in [5, 5.41) is 3.68. The number of nitrogens with zero attached hydrogens (tertiary/aromatic N) is 2. The molecular formula is C25H18ClFN3O5P. The molecule has 8 nitrogen and oxygen atoms in total. The van der Waals surface area contributed by atoms with Crippen LogP contribution in [0, 0.1) is 5.82 Å². The lowest BCUT2D eigenvalue weighted by atomic mass is 10.0. The number of halogens is 2. The summed E-state index contributed by atoms with van der Waals surface area (Å²) < 4.78 is 31.2. The van der Waals surface area contributed by atoms with Gasteiger partial charge in [-0.2, -0.15) is 0 Å². The lowest BCUT2D eigenvalue weighted by molar-refractivity contribution is 0.283. The summed E-state index contributed by atoms with van der Waals surface area (Å²) >= 11 is 6.07. The highest BCUT2D eigenvalue weighted by atomic mass is 35.5. The number of phosphoric ester groups is 1. The molecule has 0 saturated carbocycles. The standard InChI is InChI=1S/C25H18ClFN3O5P/c26-17-8-6-16(7-9-17)23-21(12-15-4-2-1-3-5-15)29-30-24(23)28-14-20(25(30)31)19-11-10-18(27)13-22(19)35-36(32,33)34/h1-11,13-14,29H,12H2,(H2,32,33,34). The summed E-state index contributed by atoms with van der Waals surface area (Å²) in [5.41, 5.74) is 2.94. The molecule has 0 atom stereocenters. The van der Waals surface area contributed by atoms with Gasteiger partial charge in [0.05, 0.1) is 5.56 Å². The molecule has 11 heteroatoms. The predicted molar refractivity (Wildman–Crippen MR) is 134 cm³/mol. The molecule has 5 rings (SSSR count). The van der Waals surface area contributed by atoms with Crippen LogP contribution in [-0.2, 0) is 11.0 Å². The highest BCUT2D eigenvalue weighted by Crippen LogP contribution is 2.42. The van der Waals surface area contributed by atoms with E-state index in [1.165, 1.54) is 16.8 Å². The lowest BCUT2D eigenvalue weighted by Crippen LogP contribution is -2.17. The second-order valence-electron chi connectivity index (χ2n) is 7.99. The summed E-state index contributed by atoms with van der Waals surface area (Å²) in [6, 6.07) is 19.9. The van der Waals surface area contributed by atoms with Crippen molar-refractivity contribution < 1.29 is 23.3 Å². The Bertz CT molecular complexity index is 1680. The number of fused-ring (bicyclic) bond motifs is 1. The molecule has 0 fully saturated rings. The Morgan fingerprint density at radius 3 is 2.44 bits per heavy atom. The number of nitrogens with one attached hydrogen (secondary N) is 1. The fourth-order valence-corrected chi connectivity index (χ4v) is 4.55. The average molecular weight is 526 g/mol. The summed E-state index contributed by atoms with van der Waals surface area (Å²) in [4.78, 5) is 36.6. The van der Waals surface area contributed by atoms with Crippen molar-refractivity contribution in [2.75, 3.05) is 0 Å². The first-order valence-corrected chi connectivity index (χ1v) is 12.6. The van der Waals surface area contributed by atoms with E-state index in [0.717, 1.165) is 29.0 Å². The van der Waals surface area contributed by atoms with E-state index in [1.54, 1.807) is 12.1 Å². The zero-order chi connectivity index (χ0) is 25.4. The number of hydrogen-bond acceptors (Lipinski definition) is 4. The molecule has 0 amide bonds. The van der Waals surface area contributed by atoms with Gasteiger partial charge in [0.1, 0.15) is 11.6 Å². The fraction of sp³-hybridized carbons (Fsp3) is 0.0400. The van der Waals surface area contributed by atoms with Crippen molar-refractivity contribution in [3.05, 3.63) is 111 Å². The van der Waals surface area contributed by atoms with E-state index < -0.39 is 24.9 Å². The van der Waals surface area contributed by atoms with Crippen LogP contribution >= 0.6 is 19.4 Å². The zero-order valence-electron chi connectivity index (χ0n) is 18.4. The van der Waals surface area contributed by atoms with Crippen LogP contribution in [0.25, 0.3) is 27.9 Å². The Labute approximate surface area is 208 Å². The largest absolute Gasteiger partial charge is 0.524 e. The van der Waals surface area contributed by atoms with Crippen LogP contribution in [-0.4, -0.2) is 24.4 Å². The van der Waals surface area contributed by atoms with Crippen molar-refractivity contribution in [3.8, 4) is 28.0 Å². The van der Waals surface area contributed by atoms with Crippen molar-refractivity contribution in [1.29, 1.82) is 0 Å². The van der Waals surface area contributed by atoms with Gasteiger partial charge in [-0.05, 0) is 35.4 Å². The minimum atomic E-state index is -5.02. The van der Waals surface area contributed by atoms with Crippen LogP contribution in [0.1, 0.15) is 11.3 Å². The van der Waals surface area contributed by atoms with E-state index in [1.807, 2.05) is 42.5 Å². The first kappa shape index (κ1) is 24.0. The molecule has 0 aliphatic rings. The van der Waals surface area contributed by atoms with E-state index in [2.05, 4.69) is 14.6 Å². The highest BCUT2D eigenvalue weighted by Gasteiger charge is 2.23. The quantitative estimate of drug-likeness (QED) is 0.262. The van der Waals surface area contributed by atoms with Gasteiger partial charge in [0.2, 0.25) is 0 Å². The average Bonchev–Trinajstić information content (AvgIpc) is 3.19. The third kappa shape index (κ3) is 4.82. The minimum absolute atomic E-state index is 0.0149. The number of rotatable bonds is 6. The maximum Gasteiger partial charge on any atom is 0.524 e. The minimum Gasteiger partial charge on any atom is -0.403 e. The second kappa shape index (κ2) is 9.37. The summed E-state index contributed by atoms with van der Waals surface area (Å²) in [6.45, 7) is 0. The van der Waals surface area contributed by atoms with Crippen molar-refractivity contribution in [2.45, 2.75) is 6.42 Å². The Morgan fingerprint density at radius 1 is 1.03 bits per heavy atom. The second-order valence-corrected chi connectivity index (χ2v) is 9.59. The van der Waals surface area contributed by atoms with E-state index in [-0.39, 0.29) is 11.1 Å². The van der Waals surface area contributed by atoms with Crippen LogP contribution in [0.5, 0.6) is 5.75 Å². The SMILES string of the molecule is O=c1c(-c2ccc(F)cc2OP(=O)(O)O)cnc2c(-c3ccc(Cl)cc3)c(Cc3ccccc3)[nH]n12. The van der Waals surface area contributed by atoms with Crippen molar-refractivity contribution >= 4 is 25.1 Å². The van der Waals surface area contributed by atoms with E-state index in [4.69, 9.17) is 11.6 Å². The normalized spacial score (nSPS) is 11.7. The molecular weight excluding hydrogens is 508 g/mol. The smallest absolute Gasteiger partial charge is 0.403 e. The highest BCUT2D eigenvalue weighted by molar-refractivity contribution is 7.46. The molecule has 2 heterocycles. The Kier molecular flexibility index (Phi) is 6.24. The first-order valence-electron chi connectivity index (χ1n) is 10.7. The Balaban J connectivity index is 1.72. The Morgan fingerprint density at radius 2 is 1.75 bits per heavy atom. The van der Waals surface area contributed by atoms with Crippen molar-refractivity contribution in [2.24, 2.45) is 0 Å². The number of aromatic amines is 1. The topological polar surface area (TPSA) is 117 Å². The maximum absolute atomic E-state index is 13.8. The molecule has 5 aromatic rings. The van der Waals surface area contributed by atoms with Crippen LogP contribution < -0.4 is 10.1 Å². The van der Waals surface area contributed by atoms with Gasteiger partial charge >= 0.3 is 7.82 Å². The molecule has 0 saturated heterocycles. The monoisotopic (exact) mass is 525 g/mol. The molecule has 0 aliphatic carbocycles. The number of H-pyrrole nitrogens is 1. The molecule has 0 radical (unpaired) electrons. The third-order valence-electron chi connectivity index (χ3n) is 5.54. The summed E-state index contributed by atoms with van der Waals surface area (Å²) in [6.07, 6.45) is 1.75. The molecule has 182 valence electrons. The zero-order valence-corrected chi connectivity index (χ0v) is 20.1. The van der Waals surface area contributed by atoms with Gasteiger partial charge in [0.15, 0.2) is 5.65 Å². The van der Waals surface area contributed by atoms with E-state index in [0.29, 0.717) is 22.7 Å². The van der Waals surface area contributed by atoms with Gasteiger partial charge in [-0.1, -0.05) is 54.1 Å². The van der Waals surface area contributed by atoms with Gasteiger partial charge < -0.3 is 4.52 Å². The van der Waals surface area contributed by atoms with Crippen LogP contribution in [0.15, 0.2) is 83.8 Å².